The van der Waals surface area contributed by atoms with Gasteiger partial charge in [0.05, 0.1) is 19.6 Å². The molecule has 3 aromatic carbocycles. The maximum absolute atomic E-state index is 13.9. The van der Waals surface area contributed by atoms with E-state index in [2.05, 4.69) is 31.5 Å². The third-order valence-electron chi connectivity index (χ3n) is 14.8. The summed E-state index contributed by atoms with van der Waals surface area (Å²) in [6, 6.07) is 15.8. The summed E-state index contributed by atoms with van der Waals surface area (Å²) in [5, 5.41) is 71.7. The number of unbranched alkanes of at least 4 members (excludes halogenated alkanes) is 1. The van der Waals surface area contributed by atoms with E-state index in [0.717, 1.165) is 21.9 Å². The summed E-state index contributed by atoms with van der Waals surface area (Å²) in [5.74, 6) is -8.28. The highest BCUT2D eigenvalue weighted by Gasteiger charge is 2.31. The van der Waals surface area contributed by atoms with Crippen molar-refractivity contribution in [2.24, 2.45) is 11.8 Å². The maximum Gasteiger partial charge on any atom is 0.326 e. The topological polar surface area (TPSA) is 365 Å². The summed E-state index contributed by atoms with van der Waals surface area (Å²) in [4.78, 5) is 130. The van der Waals surface area contributed by atoms with Crippen LogP contribution in [0.25, 0.3) is 10.8 Å². The van der Waals surface area contributed by atoms with E-state index in [-0.39, 0.29) is 69.1 Å². The van der Waals surface area contributed by atoms with Gasteiger partial charge < -0.3 is 57.2 Å². The minimum Gasteiger partial charge on any atom is -0.481 e. The molecule has 0 bridgehead atoms. The highest BCUT2D eigenvalue weighted by molar-refractivity contribution is 5.94. The molecule has 5 amide bonds. The number of carbonyl (C=O) groups excluding carboxylic acids is 4. The molecule has 25 nitrogen and oxygen atoms in total. The van der Waals surface area contributed by atoms with Crippen LogP contribution in [0.5, 0.6) is 0 Å². The number of carboxylic acid groups (broad SMARTS) is 6. The summed E-state index contributed by atoms with van der Waals surface area (Å²) < 4.78 is 0. The van der Waals surface area contributed by atoms with Crippen molar-refractivity contribution in [1.29, 1.82) is 0 Å². The lowest BCUT2D eigenvalue weighted by molar-refractivity contribution is -0.141. The first-order valence-corrected chi connectivity index (χ1v) is 27.9. The van der Waals surface area contributed by atoms with E-state index < -0.39 is 78.7 Å². The van der Waals surface area contributed by atoms with Crippen LogP contribution in [0.1, 0.15) is 92.1 Å². The Kier molecular flexibility index (Phi) is 26.9. The van der Waals surface area contributed by atoms with Gasteiger partial charge >= 0.3 is 41.8 Å². The smallest absolute Gasteiger partial charge is 0.326 e. The van der Waals surface area contributed by atoms with Gasteiger partial charge in [0.1, 0.15) is 18.1 Å². The Morgan fingerprint density at radius 3 is 1.59 bits per heavy atom. The molecule has 1 saturated heterocycles. The van der Waals surface area contributed by atoms with E-state index in [1.165, 1.54) is 0 Å². The summed E-state index contributed by atoms with van der Waals surface area (Å²) in [7, 11) is 0. The molecule has 1 aliphatic heterocycles. The molecule has 0 radical (unpaired) electrons. The van der Waals surface area contributed by atoms with Gasteiger partial charge in [0.25, 0.3) is 5.91 Å². The van der Waals surface area contributed by atoms with E-state index in [0.29, 0.717) is 116 Å². The molecule has 1 heterocycles. The number of fused-ring (bicyclic) bond motifs is 1. The fourth-order valence-electron chi connectivity index (χ4n) is 10.3. The first kappa shape index (κ1) is 65.1. The molecule has 5 rings (SSSR count). The van der Waals surface area contributed by atoms with Crippen LogP contribution in [0, 0.1) is 11.8 Å². The molecule has 25 heteroatoms. The molecule has 2 fully saturated rings. The Balaban J connectivity index is 1.11. The van der Waals surface area contributed by atoms with Crippen LogP contribution in [0.2, 0.25) is 0 Å². The number of aliphatic carboxylic acids is 6. The van der Waals surface area contributed by atoms with Crippen molar-refractivity contribution >= 4 is 70.3 Å². The number of hydrogen-bond acceptors (Lipinski definition) is 14. The van der Waals surface area contributed by atoms with E-state index in [1.807, 2.05) is 59.5 Å². The zero-order valence-electron chi connectivity index (χ0n) is 46.2. The van der Waals surface area contributed by atoms with E-state index in [9.17, 15) is 73.5 Å². The van der Waals surface area contributed by atoms with Gasteiger partial charge in [-0.2, -0.15) is 0 Å². The molecule has 11 N–H and O–H groups in total. The van der Waals surface area contributed by atoms with Crippen LogP contribution in [0.3, 0.4) is 0 Å². The molecule has 0 unspecified atom stereocenters. The quantitative estimate of drug-likeness (QED) is 0.0464. The third-order valence-corrected chi connectivity index (χ3v) is 14.8. The Labute approximate surface area is 475 Å². The second-order valence-electron chi connectivity index (χ2n) is 21.2. The molecule has 82 heavy (non-hydrogen) atoms. The monoisotopic (exact) mass is 1150 g/mol. The van der Waals surface area contributed by atoms with Gasteiger partial charge in [-0.05, 0) is 111 Å². The van der Waals surface area contributed by atoms with E-state index >= 15 is 0 Å². The van der Waals surface area contributed by atoms with Crippen LogP contribution >= 0.6 is 0 Å². The van der Waals surface area contributed by atoms with E-state index in [4.69, 9.17) is 5.11 Å². The van der Waals surface area contributed by atoms with Crippen LogP contribution in [-0.2, 0) is 51.3 Å². The average molecular weight is 1150 g/mol. The van der Waals surface area contributed by atoms with Crippen molar-refractivity contribution in [2.45, 2.75) is 102 Å². The zero-order chi connectivity index (χ0) is 59.6. The fourth-order valence-corrected chi connectivity index (χ4v) is 10.3. The molecule has 0 spiro atoms. The molecule has 448 valence electrons. The van der Waals surface area contributed by atoms with Crippen molar-refractivity contribution in [3.63, 3.8) is 0 Å². The number of nitrogens with one attached hydrogen (secondary N) is 5. The first-order valence-electron chi connectivity index (χ1n) is 27.9. The summed E-state index contributed by atoms with van der Waals surface area (Å²) >= 11 is 0. The van der Waals surface area contributed by atoms with Crippen molar-refractivity contribution in [3.8, 4) is 0 Å². The summed E-state index contributed by atoms with van der Waals surface area (Å²) in [5.41, 5.74) is 2.21. The lowest BCUT2D eigenvalue weighted by Gasteiger charge is -2.31. The number of urea groups is 1. The second kappa shape index (κ2) is 33.9. The Bertz CT molecular complexity index is 2650. The normalized spacial score (nSPS) is 18.3. The molecular formula is C57H79N9O16. The SMILES string of the molecule is O=C(O)CC[C@H](NC(=O)N[C@@H](CCCCNC(=O)[C@H](Cc1ccc2ccccc2c1)NC(=O)C1CCC(CNC(=O)c2ccc(CN3CCCN(CC(=O)O)CCN(CC(=O)O)CCCN(CC(=O)O)CC3)cc2)CC1)C(=O)O)C(=O)O. The number of hydrogen-bond donors (Lipinski definition) is 11. The largest absolute Gasteiger partial charge is 0.481 e. The highest BCUT2D eigenvalue weighted by Crippen LogP contribution is 2.29. The average Bonchev–Trinajstić information content (AvgIpc) is 3.47. The second-order valence-corrected chi connectivity index (χ2v) is 21.2. The van der Waals surface area contributed by atoms with Gasteiger partial charge in [0.15, 0.2) is 0 Å². The molecule has 3 aromatic rings. The van der Waals surface area contributed by atoms with Gasteiger partial charge in [0, 0.05) is 89.8 Å². The fraction of sp³-hybridized carbons (Fsp3) is 0.544. The maximum atomic E-state index is 13.9. The number of amides is 5. The first-order chi connectivity index (χ1) is 39.2. The number of benzene rings is 3. The van der Waals surface area contributed by atoms with Crippen molar-refractivity contribution in [2.75, 3.05) is 85.1 Å². The van der Waals surface area contributed by atoms with Crippen LogP contribution in [-0.4, -0.2) is 213 Å². The minimum absolute atomic E-state index is 0.0638. The van der Waals surface area contributed by atoms with E-state index in [1.54, 1.807) is 21.9 Å². The predicted molar refractivity (Wildman–Crippen MR) is 299 cm³/mol. The third kappa shape index (κ3) is 23.8. The van der Waals surface area contributed by atoms with Crippen LogP contribution in [0.4, 0.5) is 4.79 Å². The number of carboxylic acids is 6. The lowest BCUT2D eigenvalue weighted by Crippen LogP contribution is -2.51. The predicted octanol–water partition coefficient (Wildman–Crippen LogP) is 2.22. The van der Waals surface area contributed by atoms with Crippen molar-refractivity contribution < 1.29 is 78.6 Å². The molecule has 0 aromatic heterocycles. The Morgan fingerprint density at radius 2 is 1.04 bits per heavy atom. The van der Waals surface area contributed by atoms with Gasteiger partial charge in [-0.1, -0.05) is 54.6 Å². The van der Waals surface area contributed by atoms with Gasteiger partial charge in [0.2, 0.25) is 11.8 Å². The molecule has 1 saturated carbocycles. The Hall–Kier alpha value is -7.74. The number of nitrogens with zero attached hydrogens (tertiary/aromatic N) is 4. The van der Waals surface area contributed by atoms with Gasteiger partial charge in [-0.15, -0.1) is 0 Å². The minimum atomic E-state index is -1.55. The van der Waals surface area contributed by atoms with Gasteiger partial charge in [-0.3, -0.25) is 53.2 Å². The van der Waals surface area contributed by atoms with Crippen LogP contribution < -0.4 is 26.6 Å². The number of rotatable bonds is 28. The summed E-state index contributed by atoms with van der Waals surface area (Å²) in [6.45, 7) is 4.04. The standard InChI is InChI=1S/C57H79N9O16/c67-48(68)21-20-46(56(80)81)62-57(82)61-45(55(78)79)9-3-4-22-58-54(77)47(32-40-14-15-41-7-1-2-8-44(41)31-40)60-53(76)43-16-10-38(11-17-43)33-59-52(75)42-18-12-39(13-19-42)34-63-23-5-24-65(36-50(71)72)29-30-66(37-51(73)74)26-6-25-64(28-27-63)35-49(69)70/h1-2,7-8,12-15,18-19,31,38,43,45-47H,3-6,9-11,16-17,20-30,32-37H2,(H,58,77)(H,59,75)(H,60,76)(H,67,68)(H,69,70)(H,71,72)(H,73,74)(H,78,79)(H,80,81)(H2,61,62,82)/t38?,43?,45-,46-,47-/m0/s1. The molecular weight excluding hydrogens is 1070 g/mol. The zero-order valence-corrected chi connectivity index (χ0v) is 46.2. The lowest BCUT2D eigenvalue weighted by atomic mass is 9.81. The van der Waals surface area contributed by atoms with Gasteiger partial charge in [-0.25, -0.2) is 14.4 Å². The summed E-state index contributed by atoms with van der Waals surface area (Å²) in [6.07, 6.45) is 3.26. The highest BCUT2D eigenvalue weighted by atomic mass is 16.4. The van der Waals surface area contributed by atoms with Crippen molar-refractivity contribution in [3.05, 3.63) is 83.4 Å². The number of carbonyl (C=O) groups is 10. The Morgan fingerprint density at radius 1 is 0.512 bits per heavy atom. The molecule has 3 atom stereocenters. The van der Waals surface area contributed by atoms with Crippen molar-refractivity contribution in [1.82, 2.24) is 46.2 Å². The molecule has 1 aliphatic carbocycles. The molecule has 2 aliphatic rings. The van der Waals surface area contributed by atoms with Crippen LogP contribution in [0.15, 0.2) is 66.7 Å².